The first kappa shape index (κ1) is 22.9. The first-order chi connectivity index (χ1) is 15.0. The minimum atomic E-state index is 0.0185. The van der Waals surface area contributed by atoms with Crippen molar-refractivity contribution in [3.05, 3.63) is 53.7 Å². The Labute approximate surface area is 186 Å². The number of anilines is 1. The average Bonchev–Trinajstić information content (AvgIpc) is 2.76. The van der Waals surface area contributed by atoms with Crippen LogP contribution in [-0.4, -0.2) is 68.3 Å². The number of benzene rings is 1. The van der Waals surface area contributed by atoms with Crippen molar-refractivity contribution in [1.82, 2.24) is 20.5 Å². The molecule has 0 radical (unpaired) electrons. The van der Waals surface area contributed by atoms with Crippen LogP contribution in [0.15, 0.2) is 47.6 Å². The van der Waals surface area contributed by atoms with E-state index in [9.17, 15) is 0 Å². The molecule has 1 atom stereocenters. The predicted molar refractivity (Wildman–Crippen MR) is 128 cm³/mol. The van der Waals surface area contributed by atoms with Gasteiger partial charge in [0.25, 0.3) is 0 Å². The van der Waals surface area contributed by atoms with Gasteiger partial charge in [0.1, 0.15) is 17.7 Å². The smallest absolute Gasteiger partial charge is 0.191 e. The Hall–Kier alpha value is -2.80. The number of nitrogens with one attached hydrogen (secondary N) is 2. The zero-order valence-electron chi connectivity index (χ0n) is 19.3. The van der Waals surface area contributed by atoms with Gasteiger partial charge in [-0.3, -0.25) is 0 Å². The molecule has 2 heterocycles. The maximum absolute atomic E-state index is 6.03. The summed E-state index contributed by atoms with van der Waals surface area (Å²) in [6.45, 7) is 12.4. The Morgan fingerprint density at radius 1 is 1.16 bits per heavy atom. The summed E-state index contributed by atoms with van der Waals surface area (Å²) in [6.07, 6.45) is 1.89. The van der Waals surface area contributed by atoms with Gasteiger partial charge in [0.15, 0.2) is 5.96 Å². The van der Waals surface area contributed by atoms with E-state index < -0.39 is 0 Å². The highest BCUT2D eigenvalue weighted by Gasteiger charge is 2.17. The zero-order valence-corrected chi connectivity index (χ0v) is 19.3. The van der Waals surface area contributed by atoms with Gasteiger partial charge in [-0.05, 0) is 51.6 Å². The molecule has 31 heavy (non-hydrogen) atoms. The Bertz CT molecular complexity index is 847. The van der Waals surface area contributed by atoms with E-state index in [0.717, 1.165) is 55.8 Å². The molecule has 0 spiro atoms. The second-order valence-electron chi connectivity index (χ2n) is 8.10. The van der Waals surface area contributed by atoms with Gasteiger partial charge in [0.05, 0.1) is 13.1 Å². The third-order valence-electron chi connectivity index (χ3n) is 5.31. The first-order valence-corrected chi connectivity index (χ1v) is 11.2. The molecule has 0 bridgehead atoms. The minimum Gasteiger partial charge on any atom is -0.489 e. The second kappa shape index (κ2) is 11.6. The number of nitrogens with zero attached hydrogens (tertiary/aromatic N) is 4. The second-order valence-corrected chi connectivity index (χ2v) is 8.10. The Morgan fingerprint density at radius 3 is 2.71 bits per heavy atom. The van der Waals surface area contributed by atoms with Crippen LogP contribution < -0.4 is 20.3 Å². The summed E-state index contributed by atoms with van der Waals surface area (Å²) in [5.74, 6) is 2.73. The van der Waals surface area contributed by atoms with E-state index in [2.05, 4.69) is 71.4 Å². The molecule has 1 fully saturated rings. The molecule has 168 valence electrons. The normalized spacial score (nSPS) is 16.1. The van der Waals surface area contributed by atoms with E-state index in [-0.39, 0.29) is 6.10 Å². The lowest BCUT2D eigenvalue weighted by Crippen LogP contribution is -2.45. The van der Waals surface area contributed by atoms with Gasteiger partial charge in [-0.1, -0.05) is 18.2 Å². The van der Waals surface area contributed by atoms with Crippen molar-refractivity contribution in [2.75, 3.05) is 51.2 Å². The summed E-state index contributed by atoms with van der Waals surface area (Å²) in [4.78, 5) is 14.2. The third-order valence-corrected chi connectivity index (χ3v) is 5.31. The highest BCUT2D eigenvalue weighted by atomic mass is 16.5. The van der Waals surface area contributed by atoms with E-state index in [1.165, 1.54) is 5.56 Å². The Kier molecular flexibility index (Phi) is 8.53. The number of pyridine rings is 1. The summed E-state index contributed by atoms with van der Waals surface area (Å²) < 4.78 is 6.03. The number of piperazine rings is 1. The summed E-state index contributed by atoms with van der Waals surface area (Å²) in [5, 5.41) is 6.73. The number of guanidine groups is 1. The van der Waals surface area contributed by atoms with Crippen LogP contribution in [0.1, 0.15) is 25.0 Å². The van der Waals surface area contributed by atoms with E-state index in [0.29, 0.717) is 13.1 Å². The van der Waals surface area contributed by atoms with E-state index >= 15 is 0 Å². The number of hydrogen-bond acceptors (Lipinski definition) is 5. The molecule has 1 saturated heterocycles. The van der Waals surface area contributed by atoms with Crippen LogP contribution in [0.2, 0.25) is 0 Å². The van der Waals surface area contributed by atoms with Crippen LogP contribution in [0, 0.1) is 6.92 Å². The lowest BCUT2D eigenvalue weighted by molar-refractivity contribution is 0.223. The quantitative estimate of drug-likeness (QED) is 0.502. The topological polar surface area (TPSA) is 65.0 Å². The van der Waals surface area contributed by atoms with Crippen molar-refractivity contribution in [1.29, 1.82) is 0 Å². The van der Waals surface area contributed by atoms with Crippen molar-refractivity contribution in [3.8, 4) is 5.75 Å². The summed E-state index contributed by atoms with van der Waals surface area (Å²) in [7, 11) is 2.17. The van der Waals surface area contributed by atoms with Crippen molar-refractivity contribution in [2.24, 2.45) is 4.99 Å². The van der Waals surface area contributed by atoms with Gasteiger partial charge in [0, 0.05) is 44.5 Å². The van der Waals surface area contributed by atoms with E-state index in [1.54, 1.807) is 0 Å². The number of likely N-dealkylation sites (N-methyl/N-ethyl adjacent to an activating group) is 1. The van der Waals surface area contributed by atoms with Gasteiger partial charge < -0.3 is 25.2 Å². The standard InChI is InChI=1S/C24H36N6O/c1-5-25-24(27-17-20(3)31-22-10-6-8-19(2)16-22)28-18-21-9-7-11-26-23(21)30-14-12-29(4)13-15-30/h6-11,16,20H,5,12-15,17-18H2,1-4H3,(H2,25,27,28). The van der Waals surface area contributed by atoms with Gasteiger partial charge in [0.2, 0.25) is 0 Å². The molecule has 7 heteroatoms. The lowest BCUT2D eigenvalue weighted by Gasteiger charge is -2.34. The number of aromatic nitrogens is 1. The number of aliphatic imine (C=N–C) groups is 1. The van der Waals surface area contributed by atoms with Crippen molar-refractivity contribution >= 4 is 11.8 Å². The third kappa shape index (κ3) is 7.14. The van der Waals surface area contributed by atoms with Crippen LogP contribution in [0.4, 0.5) is 5.82 Å². The van der Waals surface area contributed by atoms with Gasteiger partial charge in [-0.2, -0.15) is 0 Å². The summed E-state index contributed by atoms with van der Waals surface area (Å²) in [6, 6.07) is 12.2. The van der Waals surface area contributed by atoms with E-state index in [4.69, 9.17) is 9.73 Å². The molecule has 3 rings (SSSR count). The lowest BCUT2D eigenvalue weighted by atomic mass is 10.2. The average molecular weight is 425 g/mol. The highest BCUT2D eigenvalue weighted by molar-refractivity contribution is 5.79. The molecule has 0 amide bonds. The molecule has 0 saturated carbocycles. The van der Waals surface area contributed by atoms with Crippen molar-refractivity contribution < 1.29 is 4.74 Å². The Morgan fingerprint density at radius 2 is 1.97 bits per heavy atom. The molecule has 1 aromatic heterocycles. The van der Waals surface area contributed by atoms with Crippen LogP contribution in [0.25, 0.3) is 0 Å². The number of aryl methyl sites for hydroxylation is 1. The monoisotopic (exact) mass is 424 g/mol. The number of ether oxygens (including phenoxy) is 1. The number of hydrogen-bond donors (Lipinski definition) is 2. The van der Waals surface area contributed by atoms with Crippen LogP contribution in [-0.2, 0) is 6.54 Å². The van der Waals surface area contributed by atoms with Crippen LogP contribution in [0.5, 0.6) is 5.75 Å². The minimum absolute atomic E-state index is 0.0185. The largest absolute Gasteiger partial charge is 0.489 e. The van der Waals surface area contributed by atoms with Crippen LogP contribution in [0.3, 0.4) is 0 Å². The fraction of sp³-hybridized carbons (Fsp3) is 0.500. The fourth-order valence-corrected chi connectivity index (χ4v) is 3.57. The molecule has 1 aliphatic rings. The predicted octanol–water partition coefficient (Wildman–Crippen LogP) is 2.66. The van der Waals surface area contributed by atoms with Gasteiger partial charge in [-0.25, -0.2) is 9.98 Å². The summed E-state index contributed by atoms with van der Waals surface area (Å²) >= 11 is 0. The Balaban J connectivity index is 1.59. The number of rotatable bonds is 8. The first-order valence-electron chi connectivity index (χ1n) is 11.2. The molecule has 0 aliphatic carbocycles. The molecular formula is C24H36N6O. The van der Waals surface area contributed by atoms with Crippen LogP contribution >= 0.6 is 0 Å². The molecule has 7 nitrogen and oxygen atoms in total. The molecule has 1 aromatic carbocycles. The highest BCUT2D eigenvalue weighted by Crippen LogP contribution is 2.19. The molecule has 1 unspecified atom stereocenters. The molecule has 1 aliphatic heterocycles. The van der Waals surface area contributed by atoms with Crippen molar-refractivity contribution in [2.45, 2.75) is 33.4 Å². The fourth-order valence-electron chi connectivity index (χ4n) is 3.57. The maximum atomic E-state index is 6.03. The molecule has 2 aromatic rings. The molecule has 2 N–H and O–H groups in total. The molecular weight excluding hydrogens is 388 g/mol. The van der Waals surface area contributed by atoms with Crippen molar-refractivity contribution in [3.63, 3.8) is 0 Å². The van der Waals surface area contributed by atoms with Gasteiger partial charge >= 0.3 is 0 Å². The SMILES string of the molecule is CCNC(=NCc1cccnc1N1CCN(C)CC1)NCC(C)Oc1cccc(C)c1. The zero-order chi connectivity index (χ0) is 22.1. The summed E-state index contributed by atoms with van der Waals surface area (Å²) in [5.41, 5.74) is 2.34. The van der Waals surface area contributed by atoms with E-state index in [1.807, 2.05) is 24.4 Å². The van der Waals surface area contributed by atoms with Gasteiger partial charge in [-0.15, -0.1) is 0 Å². The maximum Gasteiger partial charge on any atom is 0.191 e.